The summed E-state index contributed by atoms with van der Waals surface area (Å²) in [5.74, 6) is -1.78. The third kappa shape index (κ3) is 5.58. The van der Waals surface area contributed by atoms with Crippen molar-refractivity contribution in [2.75, 3.05) is 28.3 Å². The van der Waals surface area contributed by atoms with E-state index in [0.717, 1.165) is 10.4 Å². The van der Waals surface area contributed by atoms with Gasteiger partial charge in [-0.1, -0.05) is 30.3 Å². The quantitative estimate of drug-likeness (QED) is 0.609. The molecule has 166 valence electrons. The molecule has 10 nitrogen and oxygen atoms in total. The van der Waals surface area contributed by atoms with Crippen molar-refractivity contribution in [2.45, 2.75) is 11.0 Å². The summed E-state index contributed by atoms with van der Waals surface area (Å²) < 4.78 is 36.6. The molecular weight excluding hydrogens is 426 g/mol. The number of imide groups is 1. The Bertz CT molecular complexity index is 1070. The fourth-order valence-electron chi connectivity index (χ4n) is 2.52. The molecule has 0 aliphatic carbocycles. The number of urea groups is 1. The van der Waals surface area contributed by atoms with Crippen molar-refractivity contribution in [1.29, 1.82) is 0 Å². The Morgan fingerprint density at radius 1 is 1.03 bits per heavy atom. The van der Waals surface area contributed by atoms with E-state index in [1.54, 1.807) is 30.3 Å². The maximum absolute atomic E-state index is 12.8. The van der Waals surface area contributed by atoms with E-state index >= 15 is 0 Å². The van der Waals surface area contributed by atoms with Crippen molar-refractivity contribution in [3.63, 3.8) is 0 Å². The SMILES string of the molecule is CNC(=O)NC(=O)C(OC(=O)c1ccc(OC)c(S(=O)(=O)N(C)C)c1)c1ccccc1. The van der Waals surface area contributed by atoms with Gasteiger partial charge in [-0.2, -0.15) is 0 Å². The molecule has 2 N–H and O–H groups in total. The normalized spacial score (nSPS) is 12.0. The number of ether oxygens (including phenoxy) is 2. The van der Waals surface area contributed by atoms with E-state index < -0.39 is 34.0 Å². The Hall–Kier alpha value is -3.44. The lowest BCUT2D eigenvalue weighted by molar-refractivity contribution is -0.129. The van der Waals surface area contributed by atoms with E-state index in [-0.39, 0.29) is 16.2 Å². The summed E-state index contributed by atoms with van der Waals surface area (Å²) in [5, 5.41) is 4.30. The van der Waals surface area contributed by atoms with Crippen molar-refractivity contribution in [3.8, 4) is 5.75 Å². The van der Waals surface area contributed by atoms with Crippen LogP contribution in [-0.4, -0.2) is 58.9 Å². The average molecular weight is 449 g/mol. The van der Waals surface area contributed by atoms with Crippen molar-refractivity contribution in [2.24, 2.45) is 0 Å². The number of carbonyl (C=O) groups excluding carboxylic acids is 3. The minimum Gasteiger partial charge on any atom is -0.495 e. The summed E-state index contributed by atoms with van der Waals surface area (Å²) in [4.78, 5) is 36.6. The molecule has 1 unspecified atom stereocenters. The van der Waals surface area contributed by atoms with Gasteiger partial charge >= 0.3 is 12.0 Å². The second-order valence-electron chi connectivity index (χ2n) is 6.42. The minimum atomic E-state index is -3.92. The van der Waals surface area contributed by atoms with Crippen LogP contribution in [0, 0.1) is 0 Å². The Kier molecular flexibility index (Phi) is 7.72. The van der Waals surface area contributed by atoms with Crippen LogP contribution in [0.15, 0.2) is 53.4 Å². The van der Waals surface area contributed by atoms with Gasteiger partial charge in [-0.25, -0.2) is 22.3 Å². The molecule has 0 radical (unpaired) electrons. The first-order chi connectivity index (χ1) is 14.6. The zero-order chi connectivity index (χ0) is 23.2. The van der Waals surface area contributed by atoms with Gasteiger partial charge in [0, 0.05) is 26.7 Å². The number of amides is 3. The number of methoxy groups -OCH3 is 1. The van der Waals surface area contributed by atoms with Gasteiger partial charge in [0.1, 0.15) is 10.6 Å². The molecular formula is C20H23N3O7S. The number of hydrogen-bond acceptors (Lipinski definition) is 7. The van der Waals surface area contributed by atoms with Crippen LogP contribution in [0.3, 0.4) is 0 Å². The molecule has 0 aromatic heterocycles. The Morgan fingerprint density at radius 2 is 1.68 bits per heavy atom. The van der Waals surface area contributed by atoms with Gasteiger partial charge in [-0.15, -0.1) is 0 Å². The van der Waals surface area contributed by atoms with Gasteiger partial charge in [-0.05, 0) is 18.2 Å². The number of sulfonamides is 1. The molecule has 0 aliphatic heterocycles. The highest BCUT2D eigenvalue weighted by molar-refractivity contribution is 7.89. The molecule has 0 saturated heterocycles. The van der Waals surface area contributed by atoms with Gasteiger partial charge in [0.2, 0.25) is 16.1 Å². The van der Waals surface area contributed by atoms with E-state index in [9.17, 15) is 22.8 Å². The van der Waals surface area contributed by atoms with Gasteiger partial charge < -0.3 is 14.8 Å². The summed E-state index contributed by atoms with van der Waals surface area (Å²) in [6.45, 7) is 0. The molecule has 0 saturated carbocycles. The predicted octanol–water partition coefficient (Wildman–Crippen LogP) is 1.30. The minimum absolute atomic E-state index is 0.0437. The number of esters is 1. The van der Waals surface area contributed by atoms with Gasteiger partial charge in [0.25, 0.3) is 5.91 Å². The fourth-order valence-corrected chi connectivity index (χ4v) is 3.59. The van der Waals surface area contributed by atoms with Crippen molar-refractivity contribution < 1.29 is 32.3 Å². The number of benzene rings is 2. The highest BCUT2D eigenvalue weighted by Gasteiger charge is 2.29. The molecule has 0 bridgehead atoms. The number of nitrogens with zero attached hydrogens (tertiary/aromatic N) is 1. The first-order valence-electron chi connectivity index (χ1n) is 9.01. The van der Waals surface area contributed by atoms with Crippen LogP contribution < -0.4 is 15.4 Å². The number of rotatable bonds is 7. The average Bonchev–Trinajstić information content (AvgIpc) is 2.76. The first kappa shape index (κ1) is 23.8. The molecule has 2 rings (SSSR count). The van der Waals surface area contributed by atoms with E-state index in [4.69, 9.17) is 9.47 Å². The van der Waals surface area contributed by atoms with E-state index in [0.29, 0.717) is 5.56 Å². The topological polar surface area (TPSA) is 131 Å². The lowest BCUT2D eigenvalue weighted by Crippen LogP contribution is -2.41. The van der Waals surface area contributed by atoms with Crippen LogP contribution in [0.5, 0.6) is 5.75 Å². The molecule has 31 heavy (non-hydrogen) atoms. The molecule has 0 heterocycles. The highest BCUT2D eigenvalue weighted by Crippen LogP contribution is 2.28. The van der Waals surface area contributed by atoms with Crippen LogP contribution in [0.2, 0.25) is 0 Å². The van der Waals surface area contributed by atoms with Crippen molar-refractivity contribution in [3.05, 3.63) is 59.7 Å². The van der Waals surface area contributed by atoms with E-state index in [2.05, 4.69) is 10.6 Å². The maximum Gasteiger partial charge on any atom is 0.339 e. The van der Waals surface area contributed by atoms with Gasteiger partial charge in [0.15, 0.2) is 0 Å². The number of nitrogens with one attached hydrogen (secondary N) is 2. The molecule has 3 amide bonds. The van der Waals surface area contributed by atoms with Crippen LogP contribution in [0.25, 0.3) is 0 Å². The first-order valence-corrected chi connectivity index (χ1v) is 10.4. The number of hydrogen-bond donors (Lipinski definition) is 2. The summed E-state index contributed by atoms with van der Waals surface area (Å²) in [7, 11) is 1.39. The van der Waals surface area contributed by atoms with Crippen LogP contribution >= 0.6 is 0 Å². The Labute approximate surface area is 180 Å². The third-order valence-electron chi connectivity index (χ3n) is 4.19. The second-order valence-corrected chi connectivity index (χ2v) is 8.54. The van der Waals surface area contributed by atoms with E-state index in [1.807, 2.05) is 0 Å². The summed E-state index contributed by atoms with van der Waals surface area (Å²) in [5.41, 5.74) is 0.210. The lowest BCUT2D eigenvalue weighted by atomic mass is 10.1. The molecule has 2 aromatic carbocycles. The third-order valence-corrected chi connectivity index (χ3v) is 6.02. The van der Waals surface area contributed by atoms with Crippen molar-refractivity contribution in [1.82, 2.24) is 14.9 Å². The van der Waals surface area contributed by atoms with Crippen LogP contribution in [0.4, 0.5) is 4.79 Å². The molecule has 0 fully saturated rings. The van der Waals surface area contributed by atoms with Gasteiger partial charge in [-0.3, -0.25) is 10.1 Å². The monoisotopic (exact) mass is 449 g/mol. The van der Waals surface area contributed by atoms with Crippen LogP contribution in [-0.2, 0) is 19.6 Å². The fraction of sp³-hybridized carbons (Fsp3) is 0.250. The highest BCUT2D eigenvalue weighted by atomic mass is 32.2. The smallest absolute Gasteiger partial charge is 0.339 e. The summed E-state index contributed by atoms with van der Waals surface area (Å²) >= 11 is 0. The van der Waals surface area contributed by atoms with Crippen LogP contribution in [0.1, 0.15) is 22.0 Å². The standard InChI is InChI=1S/C20H23N3O7S/c1-21-20(26)22-18(24)17(13-8-6-5-7-9-13)30-19(25)14-10-11-15(29-4)16(12-14)31(27,28)23(2)3/h5-12,17H,1-4H3,(H2,21,22,24,26). The zero-order valence-electron chi connectivity index (χ0n) is 17.4. The zero-order valence-corrected chi connectivity index (χ0v) is 18.2. The van der Waals surface area contributed by atoms with Gasteiger partial charge in [0.05, 0.1) is 12.7 Å². The molecule has 0 spiro atoms. The largest absolute Gasteiger partial charge is 0.495 e. The summed E-state index contributed by atoms with van der Waals surface area (Å²) in [6, 6.07) is 11.1. The van der Waals surface area contributed by atoms with E-state index in [1.165, 1.54) is 40.4 Å². The number of carbonyl (C=O) groups is 3. The molecule has 1 atom stereocenters. The molecule has 0 aliphatic rings. The maximum atomic E-state index is 12.8. The Balaban J connectivity index is 2.42. The molecule has 2 aromatic rings. The summed E-state index contributed by atoms with van der Waals surface area (Å²) in [6.07, 6.45) is -1.44. The van der Waals surface area contributed by atoms with Crippen molar-refractivity contribution >= 4 is 27.9 Å². The molecule has 11 heteroatoms. The Morgan fingerprint density at radius 3 is 2.23 bits per heavy atom. The predicted molar refractivity (Wildman–Crippen MR) is 111 cm³/mol. The lowest BCUT2D eigenvalue weighted by Gasteiger charge is -2.19. The second kappa shape index (κ2) is 10.0.